The lowest BCUT2D eigenvalue weighted by molar-refractivity contribution is -0.763. The number of carbonyl (C=O) groups is 3. The number of fused-ring (bicyclic) bond motifs is 3. The summed E-state index contributed by atoms with van der Waals surface area (Å²) >= 11 is 0. The number of Topliss-reactive ketones (excluding diaryl/α,β-unsaturated/α-hetero) is 1. The van der Waals surface area contributed by atoms with E-state index < -0.39 is 46.2 Å². The van der Waals surface area contributed by atoms with E-state index in [9.17, 15) is 29.6 Å². The minimum Gasteiger partial charge on any atom is -0.485 e. The molecule has 7 atom stereocenters. The second-order valence-electron chi connectivity index (χ2n) is 12.9. The number of ketones is 2. The van der Waals surface area contributed by atoms with Crippen molar-refractivity contribution in [3.05, 3.63) is 68.7 Å². The maximum Gasteiger partial charge on any atom is 0.509 e. The number of carbonyl (C=O) groups excluding carboxylic acids is 3. The Hall–Kier alpha value is -3.93. The second-order valence-corrected chi connectivity index (χ2v) is 12.9. The monoisotopic (exact) mass is 611 g/mol. The van der Waals surface area contributed by atoms with Crippen LogP contribution in [0.25, 0.3) is 0 Å². The van der Waals surface area contributed by atoms with Crippen molar-refractivity contribution in [3.8, 4) is 0 Å². The van der Waals surface area contributed by atoms with Crippen LogP contribution in [-0.4, -0.2) is 52.8 Å². The summed E-state index contributed by atoms with van der Waals surface area (Å²) in [5, 5.41) is 21.6. The molecule has 0 spiro atoms. The molecular formula is C32H37NO11. The van der Waals surface area contributed by atoms with E-state index in [1.807, 2.05) is 13.8 Å². The highest BCUT2D eigenvalue weighted by atomic mass is 16.9. The second kappa shape index (κ2) is 10.9. The molecule has 0 amide bonds. The van der Waals surface area contributed by atoms with E-state index in [1.165, 1.54) is 0 Å². The molecule has 44 heavy (non-hydrogen) atoms. The van der Waals surface area contributed by atoms with E-state index in [0.29, 0.717) is 30.4 Å². The van der Waals surface area contributed by atoms with Gasteiger partial charge < -0.3 is 28.9 Å². The molecule has 7 rings (SSSR count). The van der Waals surface area contributed by atoms with Crippen molar-refractivity contribution in [1.29, 1.82) is 0 Å². The third-order valence-corrected chi connectivity index (χ3v) is 10.9. The number of ether oxygens (including phenoxy) is 4. The number of benzene rings is 1. The zero-order valence-corrected chi connectivity index (χ0v) is 25.0. The van der Waals surface area contributed by atoms with Gasteiger partial charge in [0.25, 0.3) is 5.09 Å². The topological polar surface area (TPSA) is 161 Å². The summed E-state index contributed by atoms with van der Waals surface area (Å²) in [5.41, 5.74) is -1.11. The van der Waals surface area contributed by atoms with Gasteiger partial charge in [-0.25, -0.2) is 4.79 Å². The maximum atomic E-state index is 14.2. The fourth-order valence-electron chi connectivity index (χ4n) is 9.04. The van der Waals surface area contributed by atoms with Gasteiger partial charge in [0.15, 0.2) is 18.0 Å². The Balaban J connectivity index is 1.38. The van der Waals surface area contributed by atoms with Crippen LogP contribution >= 0.6 is 0 Å². The van der Waals surface area contributed by atoms with Crippen LogP contribution in [0.5, 0.6) is 0 Å². The molecule has 6 aliphatic rings. The molecule has 12 heteroatoms. The van der Waals surface area contributed by atoms with E-state index in [1.54, 1.807) is 37.3 Å². The molecule has 1 unspecified atom stereocenters. The van der Waals surface area contributed by atoms with Crippen LogP contribution in [0.3, 0.4) is 0 Å². The Bertz CT molecular complexity index is 1450. The first kappa shape index (κ1) is 30.1. The van der Waals surface area contributed by atoms with Gasteiger partial charge in [0.2, 0.25) is 17.3 Å². The molecule has 6 bridgehead atoms. The maximum absolute atomic E-state index is 14.2. The van der Waals surface area contributed by atoms with Gasteiger partial charge in [-0.2, -0.15) is 0 Å². The van der Waals surface area contributed by atoms with Gasteiger partial charge in [-0.1, -0.05) is 36.8 Å². The van der Waals surface area contributed by atoms with Crippen LogP contribution in [0, 0.1) is 38.7 Å². The highest BCUT2D eigenvalue weighted by Crippen LogP contribution is 2.69. The molecular weight excluding hydrogens is 574 g/mol. The lowest BCUT2D eigenvalue weighted by Gasteiger charge is -2.61. The minimum atomic E-state index is -1.54. The predicted molar refractivity (Wildman–Crippen MR) is 151 cm³/mol. The van der Waals surface area contributed by atoms with Crippen LogP contribution in [0.1, 0.15) is 64.0 Å². The molecule has 2 aliphatic heterocycles. The summed E-state index contributed by atoms with van der Waals surface area (Å²) < 4.78 is 23.5. The summed E-state index contributed by atoms with van der Waals surface area (Å²) in [4.78, 5) is 55.3. The summed E-state index contributed by atoms with van der Waals surface area (Å²) in [6.45, 7) is 5.02. The van der Waals surface area contributed by atoms with Gasteiger partial charge in [-0.05, 0) is 75.0 Å². The molecule has 2 saturated heterocycles. The van der Waals surface area contributed by atoms with Gasteiger partial charge in [-0.15, -0.1) is 10.1 Å². The molecule has 2 heterocycles. The summed E-state index contributed by atoms with van der Waals surface area (Å²) in [6, 6.07) is 6.77. The molecule has 236 valence electrons. The third kappa shape index (κ3) is 4.48. The largest absolute Gasteiger partial charge is 0.509 e. The molecule has 12 nitrogen and oxygen atoms in total. The number of hydrogen-bond acceptors (Lipinski definition) is 11. The van der Waals surface area contributed by atoms with Crippen LogP contribution in [-0.2, 0) is 46.6 Å². The SMILES string of the molecule is CCOC(=O)O[C@@]12CC[C@H]3[C@@H]4CCC5=CC(=O)C(OCc6ccc(CO[N+](=O)[O-])cc6)=C(OCC1=O)[C@]5(C)C4[C@H](O)C[C@]32C. The van der Waals surface area contributed by atoms with E-state index in [0.717, 1.165) is 12.0 Å². The number of allylic oxidation sites excluding steroid dienone is 2. The number of nitrogens with zero attached hydrogens (tertiary/aromatic N) is 1. The van der Waals surface area contributed by atoms with Gasteiger partial charge in [-0.3, -0.25) is 9.59 Å². The smallest absolute Gasteiger partial charge is 0.485 e. The molecule has 4 aliphatic carbocycles. The predicted octanol–water partition coefficient (Wildman–Crippen LogP) is 4.36. The number of aliphatic hydroxyl groups excluding tert-OH is 1. The number of rotatable bonds is 8. The zero-order valence-electron chi connectivity index (χ0n) is 25.0. The summed E-state index contributed by atoms with van der Waals surface area (Å²) in [5.74, 6) is -0.976. The molecule has 1 aromatic rings. The zero-order chi connectivity index (χ0) is 31.4. The fourth-order valence-corrected chi connectivity index (χ4v) is 9.04. The molecule has 0 aromatic heterocycles. The quantitative estimate of drug-likeness (QED) is 0.253. The third-order valence-electron chi connectivity index (χ3n) is 10.9. The van der Waals surface area contributed by atoms with Crippen LogP contribution in [0.15, 0.2) is 47.4 Å². The first-order valence-electron chi connectivity index (χ1n) is 15.1. The minimum absolute atomic E-state index is 0.00759. The van der Waals surface area contributed by atoms with E-state index in [2.05, 4.69) is 4.84 Å². The Labute approximate surface area is 254 Å². The van der Waals surface area contributed by atoms with E-state index >= 15 is 0 Å². The summed E-state index contributed by atoms with van der Waals surface area (Å²) in [6.07, 6.45) is 2.33. The lowest BCUT2D eigenvalue weighted by Crippen LogP contribution is -2.64. The lowest BCUT2D eigenvalue weighted by atomic mass is 9.45. The average Bonchev–Trinajstić information content (AvgIpc) is 3.26. The van der Waals surface area contributed by atoms with Crippen LogP contribution < -0.4 is 0 Å². The Morgan fingerprint density at radius 2 is 1.84 bits per heavy atom. The number of hydrogen-bond donors (Lipinski definition) is 1. The van der Waals surface area contributed by atoms with Crippen molar-refractivity contribution in [1.82, 2.24) is 0 Å². The highest BCUT2D eigenvalue weighted by molar-refractivity contribution is 6.05. The van der Waals surface area contributed by atoms with E-state index in [4.69, 9.17) is 18.9 Å². The van der Waals surface area contributed by atoms with Crippen molar-refractivity contribution in [2.24, 2.45) is 28.6 Å². The molecule has 5 fully saturated rings. The first-order chi connectivity index (χ1) is 20.9. The van der Waals surface area contributed by atoms with Crippen molar-refractivity contribution in [3.63, 3.8) is 0 Å². The Kier molecular flexibility index (Phi) is 7.46. The van der Waals surface area contributed by atoms with Gasteiger partial charge in [0.1, 0.15) is 13.2 Å². The van der Waals surface area contributed by atoms with Crippen molar-refractivity contribution < 1.29 is 48.4 Å². The first-order valence-corrected chi connectivity index (χ1v) is 15.1. The normalized spacial score (nSPS) is 35.4. The fraction of sp³-hybridized carbons (Fsp3) is 0.594. The van der Waals surface area contributed by atoms with Crippen molar-refractivity contribution >= 4 is 17.7 Å². The molecule has 3 saturated carbocycles. The van der Waals surface area contributed by atoms with Crippen molar-refractivity contribution in [2.45, 2.75) is 77.8 Å². The Morgan fingerprint density at radius 3 is 2.52 bits per heavy atom. The Morgan fingerprint density at radius 1 is 1.14 bits per heavy atom. The van der Waals surface area contributed by atoms with E-state index in [-0.39, 0.29) is 61.3 Å². The highest BCUT2D eigenvalue weighted by Gasteiger charge is 2.72. The van der Waals surface area contributed by atoms with Gasteiger partial charge >= 0.3 is 6.16 Å². The molecule has 1 aromatic carbocycles. The van der Waals surface area contributed by atoms with Gasteiger partial charge in [0, 0.05) is 11.3 Å². The average molecular weight is 612 g/mol. The molecule has 0 radical (unpaired) electrons. The standard InChI is InChI=1S/C32H37NO11/c1-4-40-29(37)44-32-12-11-22-21-10-9-20-13-23(34)27(41-15-18-5-7-19(8-6-18)16-43-33(38)39)28(42-17-25(32)36)31(20,3)26(21)24(35)14-30(22,32)2/h5-8,13,21-22,24,26,35H,4,9-12,14-17H2,1-3H3/t21-,22-,24+,26?,30+,31-,32-/m0/s1. The van der Waals surface area contributed by atoms with Crippen molar-refractivity contribution in [2.75, 3.05) is 13.2 Å². The summed E-state index contributed by atoms with van der Waals surface area (Å²) in [7, 11) is 0. The van der Waals surface area contributed by atoms with Crippen LogP contribution in [0.4, 0.5) is 4.79 Å². The number of aliphatic hydroxyl groups is 1. The molecule has 1 N–H and O–H groups in total. The van der Waals surface area contributed by atoms with Gasteiger partial charge in [0.05, 0.1) is 18.1 Å². The van der Waals surface area contributed by atoms with Crippen LogP contribution in [0.2, 0.25) is 0 Å².